The average Bonchev–Trinajstić information content (AvgIpc) is 3.04. The van der Waals surface area contributed by atoms with Crippen LogP contribution in [-0.2, 0) is 4.74 Å². The van der Waals surface area contributed by atoms with Crippen LogP contribution in [0.5, 0.6) is 0 Å². The number of ether oxygens (including phenoxy) is 1. The predicted molar refractivity (Wildman–Crippen MR) is 82.6 cm³/mol. The Hall–Kier alpha value is -1.24. The van der Waals surface area contributed by atoms with Crippen molar-refractivity contribution in [3.05, 3.63) is 34.4 Å². The fraction of sp³-hybridized carbons (Fsp3) is 0.562. The summed E-state index contributed by atoms with van der Waals surface area (Å²) in [5.74, 6) is -1.50. The third-order valence-electron chi connectivity index (χ3n) is 4.44. The van der Waals surface area contributed by atoms with Crippen molar-refractivity contribution in [3.8, 4) is 0 Å². The molecule has 0 N–H and O–H groups in total. The number of benzene rings is 1. The predicted octanol–water partition coefficient (Wildman–Crippen LogP) is 2.41. The number of hydrogen-bond acceptors (Lipinski definition) is 3. The third-order valence-corrected chi connectivity index (χ3v) is 4.73. The zero-order chi connectivity index (χ0) is 16.4. The highest BCUT2D eigenvalue weighted by Crippen LogP contribution is 2.21. The lowest BCUT2D eigenvalue weighted by atomic mass is 10.1. The normalized spacial score (nSPS) is 22.6. The topological polar surface area (TPSA) is 32.8 Å². The molecular weight excluding hydrogens is 326 g/mol. The van der Waals surface area contributed by atoms with Crippen molar-refractivity contribution < 1.29 is 18.3 Å². The largest absolute Gasteiger partial charge is 0.381 e. The Morgan fingerprint density at radius 2 is 1.96 bits per heavy atom. The second-order valence-corrected chi connectivity index (χ2v) is 6.48. The van der Waals surface area contributed by atoms with Crippen molar-refractivity contribution >= 4 is 17.5 Å². The fourth-order valence-corrected chi connectivity index (χ4v) is 3.23. The zero-order valence-corrected chi connectivity index (χ0v) is 13.5. The summed E-state index contributed by atoms with van der Waals surface area (Å²) >= 11 is 5.52. The summed E-state index contributed by atoms with van der Waals surface area (Å²) in [7, 11) is 0. The number of carbonyl (C=O) groups is 1. The monoisotopic (exact) mass is 344 g/mol. The first-order valence-electron chi connectivity index (χ1n) is 7.78. The maximum absolute atomic E-state index is 13.9. The van der Waals surface area contributed by atoms with Crippen molar-refractivity contribution in [1.82, 2.24) is 9.80 Å². The average molecular weight is 345 g/mol. The van der Waals surface area contributed by atoms with Gasteiger partial charge in [-0.3, -0.25) is 9.69 Å². The Kier molecular flexibility index (Phi) is 5.14. The van der Waals surface area contributed by atoms with Gasteiger partial charge < -0.3 is 9.64 Å². The summed E-state index contributed by atoms with van der Waals surface area (Å²) in [5, 5.41) is -0.317. The van der Waals surface area contributed by atoms with Crippen molar-refractivity contribution in [2.24, 2.45) is 5.92 Å². The molecule has 7 heteroatoms. The van der Waals surface area contributed by atoms with Crippen molar-refractivity contribution in [3.63, 3.8) is 0 Å². The van der Waals surface area contributed by atoms with Gasteiger partial charge in [-0.1, -0.05) is 11.6 Å². The number of nitrogens with zero attached hydrogens (tertiary/aromatic N) is 2. The first-order chi connectivity index (χ1) is 11.0. The molecule has 0 unspecified atom stereocenters. The Morgan fingerprint density at radius 3 is 2.61 bits per heavy atom. The van der Waals surface area contributed by atoms with Gasteiger partial charge in [0, 0.05) is 39.3 Å². The van der Waals surface area contributed by atoms with Gasteiger partial charge in [-0.05, 0) is 24.5 Å². The van der Waals surface area contributed by atoms with E-state index in [1.165, 1.54) is 0 Å². The minimum atomic E-state index is -0.785. The lowest BCUT2D eigenvalue weighted by Gasteiger charge is -2.35. The Morgan fingerprint density at radius 1 is 1.22 bits per heavy atom. The van der Waals surface area contributed by atoms with Crippen LogP contribution in [0.2, 0.25) is 5.02 Å². The molecule has 0 aliphatic carbocycles. The maximum Gasteiger partial charge on any atom is 0.257 e. The Balaban J connectivity index is 1.58. The van der Waals surface area contributed by atoms with Crippen molar-refractivity contribution in [1.29, 1.82) is 0 Å². The zero-order valence-electron chi connectivity index (χ0n) is 12.7. The van der Waals surface area contributed by atoms with Crippen LogP contribution in [-0.4, -0.2) is 61.6 Å². The van der Waals surface area contributed by atoms with Gasteiger partial charge in [0.1, 0.15) is 11.6 Å². The first kappa shape index (κ1) is 16.6. The van der Waals surface area contributed by atoms with Crippen LogP contribution in [0.15, 0.2) is 12.1 Å². The van der Waals surface area contributed by atoms with Crippen molar-refractivity contribution in [2.45, 2.75) is 6.42 Å². The highest BCUT2D eigenvalue weighted by Gasteiger charge is 2.27. The van der Waals surface area contributed by atoms with Crippen LogP contribution in [0.3, 0.4) is 0 Å². The first-order valence-corrected chi connectivity index (χ1v) is 8.16. The minimum absolute atomic E-state index is 0.260. The second kappa shape index (κ2) is 7.11. The summed E-state index contributed by atoms with van der Waals surface area (Å²) in [5.41, 5.74) is -0.260. The molecule has 4 nitrogen and oxygen atoms in total. The van der Waals surface area contributed by atoms with Gasteiger partial charge in [0.25, 0.3) is 5.91 Å². The number of piperazine rings is 1. The van der Waals surface area contributed by atoms with E-state index in [9.17, 15) is 13.6 Å². The summed E-state index contributed by atoms with van der Waals surface area (Å²) in [6, 6.07) is 1.72. The van der Waals surface area contributed by atoms with E-state index in [2.05, 4.69) is 4.90 Å². The molecule has 0 spiro atoms. The summed E-state index contributed by atoms with van der Waals surface area (Å²) < 4.78 is 32.7. The van der Waals surface area contributed by atoms with E-state index in [-0.39, 0.29) is 10.6 Å². The molecule has 0 bridgehead atoms. The minimum Gasteiger partial charge on any atom is -0.381 e. The number of halogens is 3. The number of hydrogen-bond donors (Lipinski definition) is 0. The summed E-state index contributed by atoms with van der Waals surface area (Å²) in [6.07, 6.45) is 1.08. The molecule has 2 aliphatic heterocycles. The lowest BCUT2D eigenvalue weighted by Crippen LogP contribution is -2.50. The molecule has 2 fully saturated rings. The molecule has 2 aliphatic rings. The van der Waals surface area contributed by atoms with Gasteiger partial charge in [-0.2, -0.15) is 0 Å². The lowest BCUT2D eigenvalue weighted by molar-refractivity contribution is 0.0606. The molecule has 0 radical (unpaired) electrons. The molecule has 1 aromatic carbocycles. The standard InChI is InChI=1S/C16H19ClF2N2O2/c17-13-8-14(18)12(7-15(13)19)16(22)21-4-2-20(3-5-21)9-11-1-6-23-10-11/h7-8,11H,1-6,9-10H2/t11-/m0/s1. The van der Waals surface area contributed by atoms with Crippen LogP contribution in [0.25, 0.3) is 0 Å². The molecular formula is C16H19ClF2N2O2. The third kappa shape index (κ3) is 3.82. The van der Waals surface area contributed by atoms with Gasteiger partial charge in [-0.15, -0.1) is 0 Å². The van der Waals surface area contributed by atoms with Gasteiger partial charge in [-0.25, -0.2) is 8.78 Å². The molecule has 2 heterocycles. The number of amides is 1. The van der Waals surface area contributed by atoms with Crippen LogP contribution in [0.1, 0.15) is 16.8 Å². The molecule has 1 amide bonds. The molecule has 3 rings (SSSR count). The molecule has 2 saturated heterocycles. The Bertz CT molecular complexity index is 586. The molecule has 23 heavy (non-hydrogen) atoms. The molecule has 126 valence electrons. The quantitative estimate of drug-likeness (QED) is 0.789. The summed E-state index contributed by atoms with van der Waals surface area (Å²) in [4.78, 5) is 16.2. The summed E-state index contributed by atoms with van der Waals surface area (Å²) in [6.45, 7) is 5.08. The van der Waals surface area contributed by atoms with Crippen molar-refractivity contribution in [2.75, 3.05) is 45.9 Å². The molecule has 1 atom stereocenters. The van der Waals surface area contributed by atoms with Crippen LogP contribution < -0.4 is 0 Å². The number of carbonyl (C=O) groups excluding carboxylic acids is 1. The van der Waals surface area contributed by atoms with E-state index < -0.39 is 17.5 Å². The SMILES string of the molecule is O=C(c1cc(F)c(Cl)cc1F)N1CCN(C[C@@H]2CCOC2)CC1. The van der Waals surface area contributed by atoms with Gasteiger partial charge >= 0.3 is 0 Å². The van der Waals surface area contributed by atoms with Gasteiger partial charge in [0.15, 0.2) is 0 Å². The van der Waals surface area contributed by atoms with E-state index in [0.717, 1.165) is 51.4 Å². The van der Waals surface area contributed by atoms with Crippen LogP contribution >= 0.6 is 11.6 Å². The maximum atomic E-state index is 13.9. The van der Waals surface area contributed by atoms with E-state index in [0.29, 0.717) is 19.0 Å². The van der Waals surface area contributed by atoms with Gasteiger partial charge in [0.2, 0.25) is 0 Å². The van der Waals surface area contributed by atoms with Gasteiger partial charge in [0.05, 0.1) is 17.2 Å². The highest BCUT2D eigenvalue weighted by atomic mass is 35.5. The molecule has 0 saturated carbocycles. The second-order valence-electron chi connectivity index (χ2n) is 6.07. The smallest absolute Gasteiger partial charge is 0.257 e. The molecule has 1 aromatic rings. The fourth-order valence-electron chi connectivity index (χ4n) is 3.08. The van der Waals surface area contributed by atoms with E-state index >= 15 is 0 Å². The molecule has 0 aromatic heterocycles. The van der Waals surface area contributed by atoms with Crippen LogP contribution in [0, 0.1) is 17.6 Å². The van der Waals surface area contributed by atoms with Crippen LogP contribution in [0.4, 0.5) is 8.78 Å². The number of rotatable bonds is 3. The van der Waals surface area contributed by atoms with E-state index in [4.69, 9.17) is 16.3 Å². The highest BCUT2D eigenvalue weighted by molar-refractivity contribution is 6.30. The van der Waals surface area contributed by atoms with E-state index in [1.807, 2.05) is 0 Å². The van der Waals surface area contributed by atoms with E-state index in [1.54, 1.807) is 4.90 Å². The Labute approximate surface area is 138 Å².